The minimum absolute atomic E-state index is 0. The monoisotopic (exact) mass is 276 g/mol. The second kappa shape index (κ2) is 8.22. The first-order valence-corrected chi connectivity index (χ1v) is 4.21. The smallest absolute Gasteiger partial charge is 0.181 e. The lowest BCUT2D eigenvalue weighted by Gasteiger charge is -1.94. The zero-order chi connectivity index (χ0) is 10.9. The Morgan fingerprint density at radius 1 is 1.06 bits per heavy atom. The Morgan fingerprint density at radius 3 is 2.31 bits per heavy atom. The second-order valence-electron chi connectivity index (χ2n) is 2.57. The number of hydrazone groups is 1. The van der Waals surface area contributed by atoms with Crippen molar-refractivity contribution in [1.29, 1.82) is 10.5 Å². The fourth-order valence-corrected chi connectivity index (χ4v) is 1.06. The summed E-state index contributed by atoms with van der Waals surface area (Å²) in [7, 11) is 0. The number of halogens is 1. The average molecular weight is 277 g/mol. The molecular formula is C11H9BrN4. The minimum atomic E-state index is 0. The summed E-state index contributed by atoms with van der Waals surface area (Å²) in [6.45, 7) is 0. The maximum Gasteiger partial charge on any atom is 0.181 e. The predicted molar refractivity (Wildman–Crippen MR) is 67.8 cm³/mol. The van der Waals surface area contributed by atoms with Gasteiger partial charge in [0.25, 0.3) is 0 Å². The van der Waals surface area contributed by atoms with Crippen LogP contribution in [0.5, 0.6) is 0 Å². The summed E-state index contributed by atoms with van der Waals surface area (Å²) < 4.78 is 0. The summed E-state index contributed by atoms with van der Waals surface area (Å²) in [5.41, 5.74) is 5.13. The summed E-state index contributed by atoms with van der Waals surface area (Å²) >= 11 is 0. The molecule has 1 N–H and O–H groups in total. The molecule has 1 aliphatic rings. The first kappa shape index (κ1) is 13.9. The normalized spacial score (nSPS) is 9.88. The quantitative estimate of drug-likeness (QED) is 0.790. The van der Waals surface area contributed by atoms with Gasteiger partial charge < -0.3 is 0 Å². The van der Waals surface area contributed by atoms with Crippen LogP contribution in [0, 0.1) is 22.7 Å². The molecular weight excluding hydrogens is 268 g/mol. The summed E-state index contributed by atoms with van der Waals surface area (Å²) in [4.78, 5) is 0. The highest BCUT2D eigenvalue weighted by Gasteiger charge is 1.95. The van der Waals surface area contributed by atoms with Crippen molar-refractivity contribution in [3.63, 3.8) is 0 Å². The van der Waals surface area contributed by atoms with E-state index in [1.165, 1.54) is 17.7 Å². The van der Waals surface area contributed by atoms with Gasteiger partial charge in [-0.3, -0.25) is 5.43 Å². The van der Waals surface area contributed by atoms with Gasteiger partial charge in [0.15, 0.2) is 12.1 Å². The molecule has 0 spiro atoms. The van der Waals surface area contributed by atoms with E-state index in [0.29, 0.717) is 0 Å². The van der Waals surface area contributed by atoms with E-state index < -0.39 is 0 Å². The van der Waals surface area contributed by atoms with E-state index in [1.54, 1.807) is 0 Å². The zero-order valence-electron chi connectivity index (χ0n) is 8.29. The summed E-state index contributed by atoms with van der Waals surface area (Å²) in [6.07, 6.45) is 5.64. The number of hydrogen-bond donors (Lipinski definition) is 1. The third kappa shape index (κ3) is 4.41. The van der Waals surface area contributed by atoms with E-state index in [4.69, 9.17) is 10.5 Å². The maximum atomic E-state index is 7.26. The van der Waals surface area contributed by atoms with E-state index in [-0.39, 0.29) is 17.0 Å². The molecule has 0 bridgehead atoms. The van der Waals surface area contributed by atoms with Crippen molar-refractivity contribution < 1.29 is 0 Å². The Balaban J connectivity index is 0.000000397. The molecule has 0 saturated heterocycles. The number of hydrogen-bond acceptors (Lipinski definition) is 4. The molecule has 0 amide bonds. The third-order valence-corrected chi connectivity index (χ3v) is 1.66. The van der Waals surface area contributed by atoms with Crippen molar-refractivity contribution in [2.24, 2.45) is 5.10 Å². The molecule has 1 aromatic carbocycles. The molecule has 0 saturated carbocycles. The molecule has 0 atom stereocenters. The number of fused-ring (bicyclic) bond motifs is 1. The van der Waals surface area contributed by atoms with E-state index in [0.717, 1.165) is 5.56 Å². The lowest BCUT2D eigenvalue weighted by Crippen LogP contribution is -1.90. The van der Waals surface area contributed by atoms with Crippen molar-refractivity contribution in [2.45, 2.75) is 0 Å². The predicted octanol–water partition coefficient (Wildman–Crippen LogP) is 2.21. The Labute approximate surface area is 104 Å². The van der Waals surface area contributed by atoms with Gasteiger partial charge in [-0.05, 0) is 11.6 Å². The highest BCUT2D eigenvalue weighted by atomic mass is 79.9. The lowest BCUT2D eigenvalue weighted by molar-refractivity contribution is 0.985. The van der Waals surface area contributed by atoms with Gasteiger partial charge in [0.05, 0.1) is 6.21 Å². The van der Waals surface area contributed by atoms with Crippen molar-refractivity contribution in [1.82, 2.24) is 5.43 Å². The number of rotatable bonds is 0. The fraction of sp³-hybridized carbons (Fsp3) is 0. The molecule has 0 unspecified atom stereocenters. The van der Waals surface area contributed by atoms with Crippen LogP contribution in [0.25, 0.3) is 6.08 Å². The van der Waals surface area contributed by atoms with E-state index in [2.05, 4.69) is 16.6 Å². The van der Waals surface area contributed by atoms with Gasteiger partial charge in [0.1, 0.15) is 0 Å². The molecule has 80 valence electrons. The molecule has 1 aromatic rings. The molecule has 0 aliphatic carbocycles. The highest BCUT2D eigenvalue weighted by molar-refractivity contribution is 8.93. The van der Waals surface area contributed by atoms with Crippen LogP contribution < -0.4 is 5.43 Å². The van der Waals surface area contributed by atoms with Crippen LogP contribution in [0.1, 0.15) is 11.1 Å². The van der Waals surface area contributed by atoms with Crippen molar-refractivity contribution in [2.75, 3.05) is 0 Å². The SMILES string of the molecule is Br.C1=Cc2ccccc2C=NN1.N#CC#N. The Bertz CT molecular complexity index is 423. The zero-order valence-corrected chi connectivity index (χ0v) is 10.0. The van der Waals surface area contributed by atoms with Crippen molar-refractivity contribution >= 4 is 29.3 Å². The number of nitriles is 2. The average Bonchev–Trinajstić information content (AvgIpc) is 2.54. The Morgan fingerprint density at radius 2 is 1.69 bits per heavy atom. The van der Waals surface area contributed by atoms with Crippen molar-refractivity contribution in [3.8, 4) is 12.1 Å². The molecule has 4 nitrogen and oxygen atoms in total. The summed E-state index contributed by atoms with van der Waals surface area (Å²) in [6, 6.07) is 10.6. The molecule has 2 rings (SSSR count). The van der Waals surface area contributed by atoms with Crippen LogP contribution in [0.3, 0.4) is 0 Å². The van der Waals surface area contributed by atoms with Gasteiger partial charge >= 0.3 is 0 Å². The molecule has 0 fully saturated rings. The van der Waals surface area contributed by atoms with E-state index >= 15 is 0 Å². The van der Waals surface area contributed by atoms with Gasteiger partial charge in [-0.15, -0.1) is 17.0 Å². The lowest BCUT2D eigenvalue weighted by atomic mass is 10.1. The van der Waals surface area contributed by atoms with E-state index in [1.807, 2.05) is 36.7 Å². The van der Waals surface area contributed by atoms with Crippen LogP contribution in [0.2, 0.25) is 0 Å². The summed E-state index contributed by atoms with van der Waals surface area (Å²) in [5, 5.41) is 18.5. The van der Waals surface area contributed by atoms with Crippen LogP contribution >= 0.6 is 17.0 Å². The van der Waals surface area contributed by atoms with Crippen LogP contribution in [-0.2, 0) is 0 Å². The van der Waals surface area contributed by atoms with Crippen LogP contribution in [0.15, 0.2) is 35.6 Å². The van der Waals surface area contributed by atoms with Gasteiger partial charge in [-0.2, -0.15) is 15.6 Å². The minimum Gasteiger partial charge on any atom is -0.286 e. The maximum absolute atomic E-state index is 7.26. The fourth-order valence-electron chi connectivity index (χ4n) is 1.06. The molecule has 5 heteroatoms. The van der Waals surface area contributed by atoms with Gasteiger partial charge in [0, 0.05) is 11.8 Å². The molecule has 1 aliphatic heterocycles. The third-order valence-electron chi connectivity index (χ3n) is 1.66. The second-order valence-corrected chi connectivity index (χ2v) is 2.57. The van der Waals surface area contributed by atoms with E-state index in [9.17, 15) is 0 Å². The molecule has 16 heavy (non-hydrogen) atoms. The molecule has 0 radical (unpaired) electrons. The van der Waals surface area contributed by atoms with Gasteiger partial charge in [-0.25, -0.2) is 0 Å². The number of nitrogens with one attached hydrogen (secondary N) is 1. The topological polar surface area (TPSA) is 72.0 Å². The molecule has 0 aromatic heterocycles. The largest absolute Gasteiger partial charge is 0.286 e. The van der Waals surface area contributed by atoms with Crippen LogP contribution in [0.4, 0.5) is 0 Å². The standard InChI is InChI=1S/C9H8N2.C2N2.BrH/c1-2-4-9-7-11-10-6-5-8(9)3-1;3-1-2-4;/h1-7,10H;;1H. The Hall–Kier alpha value is -2.11. The first-order chi connectivity index (χ1) is 7.38. The summed E-state index contributed by atoms with van der Waals surface area (Å²) in [5.74, 6) is 0. The number of benzene rings is 1. The molecule has 1 heterocycles. The van der Waals surface area contributed by atoms with Crippen LogP contribution in [-0.4, -0.2) is 6.21 Å². The van der Waals surface area contributed by atoms with Gasteiger partial charge in [0.2, 0.25) is 0 Å². The highest BCUT2D eigenvalue weighted by Crippen LogP contribution is 2.08. The van der Waals surface area contributed by atoms with Crippen molar-refractivity contribution in [3.05, 3.63) is 41.6 Å². The Kier molecular flexibility index (Phi) is 7.14. The number of nitrogens with zero attached hydrogens (tertiary/aromatic N) is 3. The van der Waals surface area contributed by atoms with Gasteiger partial charge in [-0.1, -0.05) is 24.3 Å². The first-order valence-electron chi connectivity index (χ1n) is 4.21.